The highest BCUT2D eigenvalue weighted by Crippen LogP contribution is 2.35. The molecular formula is C39H42N2. The zero-order valence-electron chi connectivity index (χ0n) is 24.9. The second-order valence-electron chi connectivity index (χ2n) is 10.5. The number of rotatable bonds is 11. The van der Waals surface area contributed by atoms with Gasteiger partial charge in [0, 0.05) is 43.5 Å². The molecule has 0 amide bonds. The molecule has 0 saturated carbocycles. The van der Waals surface area contributed by atoms with E-state index in [0.29, 0.717) is 0 Å². The van der Waals surface area contributed by atoms with Crippen molar-refractivity contribution in [3.63, 3.8) is 0 Å². The second-order valence-corrected chi connectivity index (χ2v) is 10.5. The van der Waals surface area contributed by atoms with E-state index in [1.807, 2.05) is 0 Å². The van der Waals surface area contributed by atoms with E-state index in [-0.39, 0.29) is 5.92 Å². The Hall–Kier alpha value is -4.30. The van der Waals surface area contributed by atoms with Crippen LogP contribution in [0.2, 0.25) is 0 Å². The van der Waals surface area contributed by atoms with E-state index in [9.17, 15) is 0 Å². The van der Waals surface area contributed by atoms with Gasteiger partial charge in [-0.15, -0.1) is 0 Å². The van der Waals surface area contributed by atoms with E-state index < -0.39 is 0 Å². The Morgan fingerprint density at radius 3 is 0.976 bits per heavy atom. The minimum absolute atomic E-state index is 0.175. The lowest BCUT2D eigenvalue weighted by Crippen LogP contribution is -2.21. The van der Waals surface area contributed by atoms with Crippen molar-refractivity contribution in [3.8, 4) is 22.3 Å². The van der Waals surface area contributed by atoms with Gasteiger partial charge >= 0.3 is 0 Å². The molecule has 0 aliphatic heterocycles. The molecule has 0 heterocycles. The van der Waals surface area contributed by atoms with Crippen LogP contribution in [0.15, 0.2) is 127 Å². The van der Waals surface area contributed by atoms with Crippen molar-refractivity contribution < 1.29 is 0 Å². The second kappa shape index (κ2) is 13.4. The van der Waals surface area contributed by atoms with Crippen LogP contribution in [0, 0.1) is 0 Å². The molecule has 0 saturated heterocycles. The summed E-state index contributed by atoms with van der Waals surface area (Å²) in [4.78, 5) is 4.76. The standard InChI is InChI=1S/C39H42N2/c1-5-40(6-2)37-26-22-32(23-27-37)30-14-18-35(19-15-30)39(34-12-10-9-11-13-34)36-20-16-31(17-21-36)33-24-28-38(29-25-33)41(7-3)8-4/h9-29,39H,5-8H2,1-4H3. The molecule has 0 aliphatic rings. The fourth-order valence-electron chi connectivity index (χ4n) is 5.87. The maximum atomic E-state index is 2.38. The Balaban J connectivity index is 1.41. The Morgan fingerprint density at radius 2 is 0.659 bits per heavy atom. The molecular weight excluding hydrogens is 496 g/mol. The molecule has 2 heteroatoms. The van der Waals surface area contributed by atoms with Gasteiger partial charge < -0.3 is 9.80 Å². The van der Waals surface area contributed by atoms with Crippen LogP contribution in [0.25, 0.3) is 22.3 Å². The molecule has 5 aromatic rings. The third-order valence-corrected chi connectivity index (χ3v) is 8.28. The number of nitrogens with zero attached hydrogens (tertiary/aromatic N) is 2. The summed E-state index contributed by atoms with van der Waals surface area (Å²) >= 11 is 0. The molecule has 5 aromatic carbocycles. The molecule has 0 fully saturated rings. The first-order chi connectivity index (χ1) is 20.1. The lowest BCUT2D eigenvalue weighted by atomic mass is 9.84. The van der Waals surface area contributed by atoms with Crippen molar-refractivity contribution in [2.24, 2.45) is 0 Å². The molecule has 0 spiro atoms. The van der Waals surface area contributed by atoms with Crippen LogP contribution in [0.1, 0.15) is 50.3 Å². The van der Waals surface area contributed by atoms with E-state index >= 15 is 0 Å². The highest BCUT2D eigenvalue weighted by atomic mass is 15.1. The molecule has 0 atom stereocenters. The van der Waals surface area contributed by atoms with Crippen molar-refractivity contribution in [2.75, 3.05) is 36.0 Å². The number of benzene rings is 5. The van der Waals surface area contributed by atoms with Crippen molar-refractivity contribution in [1.82, 2.24) is 0 Å². The summed E-state index contributed by atoms with van der Waals surface area (Å²) in [6.45, 7) is 12.9. The fraction of sp³-hybridized carbons (Fsp3) is 0.231. The highest BCUT2D eigenvalue weighted by Gasteiger charge is 2.17. The van der Waals surface area contributed by atoms with Gasteiger partial charge in [-0.25, -0.2) is 0 Å². The van der Waals surface area contributed by atoms with Gasteiger partial charge in [-0.05, 0) is 90.9 Å². The lowest BCUT2D eigenvalue weighted by molar-refractivity contribution is 0.866. The molecule has 0 bridgehead atoms. The van der Waals surface area contributed by atoms with Gasteiger partial charge in [-0.3, -0.25) is 0 Å². The third-order valence-electron chi connectivity index (χ3n) is 8.28. The first-order valence-electron chi connectivity index (χ1n) is 15.1. The van der Waals surface area contributed by atoms with Gasteiger partial charge in [0.15, 0.2) is 0 Å². The zero-order valence-corrected chi connectivity index (χ0v) is 24.9. The van der Waals surface area contributed by atoms with Crippen molar-refractivity contribution in [2.45, 2.75) is 33.6 Å². The predicted molar refractivity (Wildman–Crippen MR) is 178 cm³/mol. The average molecular weight is 539 g/mol. The number of hydrogen-bond donors (Lipinski definition) is 0. The quantitative estimate of drug-likeness (QED) is 0.154. The molecule has 0 aromatic heterocycles. The highest BCUT2D eigenvalue weighted by molar-refractivity contribution is 5.69. The topological polar surface area (TPSA) is 6.48 Å². The summed E-state index contributed by atoms with van der Waals surface area (Å²) in [5, 5.41) is 0. The van der Waals surface area contributed by atoms with Gasteiger partial charge in [-0.2, -0.15) is 0 Å². The molecule has 2 nitrogen and oxygen atoms in total. The Labute approximate surface area is 246 Å². The van der Waals surface area contributed by atoms with Crippen molar-refractivity contribution in [3.05, 3.63) is 144 Å². The van der Waals surface area contributed by atoms with Gasteiger partial charge in [0.1, 0.15) is 0 Å². The average Bonchev–Trinajstić information content (AvgIpc) is 3.04. The zero-order chi connectivity index (χ0) is 28.6. The summed E-state index contributed by atoms with van der Waals surface area (Å²) in [5.41, 5.74) is 11.5. The van der Waals surface area contributed by atoms with Gasteiger partial charge in [0.25, 0.3) is 0 Å². The first kappa shape index (κ1) is 28.2. The summed E-state index contributed by atoms with van der Waals surface area (Å²) in [6, 6.07) is 47.0. The fourth-order valence-corrected chi connectivity index (χ4v) is 5.87. The molecule has 0 radical (unpaired) electrons. The minimum atomic E-state index is 0.175. The summed E-state index contributed by atoms with van der Waals surface area (Å²) in [7, 11) is 0. The first-order valence-corrected chi connectivity index (χ1v) is 15.1. The largest absolute Gasteiger partial charge is 0.372 e. The maximum absolute atomic E-state index is 2.38. The van der Waals surface area contributed by atoms with E-state index in [0.717, 1.165) is 26.2 Å². The van der Waals surface area contributed by atoms with Gasteiger partial charge in [0.05, 0.1) is 0 Å². The maximum Gasteiger partial charge on any atom is 0.0366 e. The van der Waals surface area contributed by atoms with Gasteiger partial charge in [0.2, 0.25) is 0 Å². The Morgan fingerprint density at radius 1 is 0.366 bits per heavy atom. The predicted octanol–water partition coefficient (Wildman–Crippen LogP) is 9.89. The van der Waals surface area contributed by atoms with Crippen molar-refractivity contribution >= 4 is 11.4 Å². The number of anilines is 2. The number of hydrogen-bond acceptors (Lipinski definition) is 2. The van der Waals surface area contributed by atoms with Crippen LogP contribution in [-0.2, 0) is 0 Å². The Bertz CT molecular complexity index is 1380. The summed E-state index contributed by atoms with van der Waals surface area (Å²) < 4.78 is 0. The van der Waals surface area contributed by atoms with E-state index in [1.165, 1.54) is 50.3 Å². The molecule has 0 unspecified atom stereocenters. The molecule has 0 N–H and O–H groups in total. The van der Waals surface area contributed by atoms with Crippen LogP contribution in [0.4, 0.5) is 11.4 Å². The minimum Gasteiger partial charge on any atom is -0.372 e. The van der Waals surface area contributed by atoms with Gasteiger partial charge in [-0.1, -0.05) is 103 Å². The van der Waals surface area contributed by atoms with Crippen LogP contribution < -0.4 is 9.80 Å². The van der Waals surface area contributed by atoms with Crippen LogP contribution in [-0.4, -0.2) is 26.2 Å². The molecule has 41 heavy (non-hydrogen) atoms. The smallest absolute Gasteiger partial charge is 0.0366 e. The van der Waals surface area contributed by atoms with Crippen LogP contribution in [0.5, 0.6) is 0 Å². The van der Waals surface area contributed by atoms with E-state index in [2.05, 4.69) is 165 Å². The van der Waals surface area contributed by atoms with Crippen molar-refractivity contribution in [1.29, 1.82) is 0 Å². The lowest BCUT2D eigenvalue weighted by Gasteiger charge is -2.22. The van der Waals surface area contributed by atoms with Crippen LogP contribution in [0.3, 0.4) is 0 Å². The SMILES string of the molecule is CCN(CC)c1ccc(-c2ccc(C(c3ccccc3)c3ccc(-c4ccc(N(CC)CC)cc4)cc3)cc2)cc1. The molecule has 208 valence electrons. The molecule has 0 aliphatic carbocycles. The summed E-state index contributed by atoms with van der Waals surface area (Å²) in [6.07, 6.45) is 0. The third kappa shape index (κ3) is 6.38. The van der Waals surface area contributed by atoms with E-state index in [4.69, 9.17) is 0 Å². The molecule has 5 rings (SSSR count). The monoisotopic (exact) mass is 538 g/mol. The summed E-state index contributed by atoms with van der Waals surface area (Å²) in [5.74, 6) is 0.175. The van der Waals surface area contributed by atoms with E-state index in [1.54, 1.807) is 0 Å². The normalized spacial score (nSPS) is 11.0. The Kier molecular flexibility index (Phi) is 9.21. The van der Waals surface area contributed by atoms with Crippen LogP contribution >= 0.6 is 0 Å².